The molecule has 3 nitrogen and oxygen atoms in total. The molecule has 0 fully saturated rings. The van der Waals surface area contributed by atoms with Crippen molar-refractivity contribution in [2.24, 2.45) is 0 Å². The summed E-state index contributed by atoms with van der Waals surface area (Å²) >= 11 is 5.79. The van der Waals surface area contributed by atoms with Gasteiger partial charge in [0.05, 0.1) is 11.2 Å². The van der Waals surface area contributed by atoms with Gasteiger partial charge in [-0.1, -0.05) is 17.7 Å². The highest BCUT2D eigenvalue weighted by Gasteiger charge is 2.40. The molecular weight excluding hydrogens is 269 g/mol. The average molecular weight is 289 g/mol. The first kappa shape index (κ1) is 16.4. The molecule has 106 valence electrons. The molecule has 0 saturated heterocycles. The maximum atomic E-state index is 13.8. The highest BCUT2D eigenvalue weighted by molar-refractivity contribution is 6.60. The van der Waals surface area contributed by atoms with Gasteiger partial charge in [0.1, 0.15) is 5.82 Å². The van der Waals surface area contributed by atoms with Crippen molar-refractivity contribution in [1.82, 2.24) is 0 Å². The van der Waals surface area contributed by atoms with E-state index in [1.165, 1.54) is 6.07 Å². The van der Waals surface area contributed by atoms with Crippen molar-refractivity contribution >= 4 is 24.2 Å². The largest absolute Gasteiger partial charge is 0.494 e. The highest BCUT2D eigenvalue weighted by Crippen LogP contribution is 2.25. The van der Waals surface area contributed by atoms with Crippen LogP contribution in [0.4, 0.5) is 4.39 Å². The molecular formula is C13H19BClFO3. The number of hydrogen-bond donors (Lipinski definition) is 2. The van der Waals surface area contributed by atoms with Crippen LogP contribution in [0.1, 0.15) is 33.3 Å². The second-order valence-corrected chi connectivity index (χ2v) is 6.07. The number of hydrogen-bond acceptors (Lipinski definition) is 3. The van der Waals surface area contributed by atoms with Crippen LogP contribution >= 0.6 is 11.6 Å². The molecule has 0 spiro atoms. The highest BCUT2D eigenvalue weighted by atomic mass is 35.5. The third kappa shape index (κ3) is 3.69. The standard InChI is InChI=1S/C13H19BClFO3/c1-8-6-9(11(16)7-10(8)15)14(18)19-13(4,5)12(2,3)17/h6-7,17-18H,1-5H3. The zero-order valence-electron chi connectivity index (χ0n) is 11.8. The predicted octanol–water partition coefficient (Wildman–Crippen LogP) is 2.04. The van der Waals surface area contributed by atoms with E-state index < -0.39 is 24.1 Å². The molecule has 0 heterocycles. The number of rotatable bonds is 4. The van der Waals surface area contributed by atoms with Crippen LogP contribution < -0.4 is 5.46 Å². The molecule has 0 saturated carbocycles. The summed E-state index contributed by atoms with van der Waals surface area (Å²) in [6.45, 7) is 8.07. The lowest BCUT2D eigenvalue weighted by atomic mass is 9.75. The molecule has 0 atom stereocenters. The van der Waals surface area contributed by atoms with Gasteiger partial charge in [0.15, 0.2) is 0 Å². The minimum atomic E-state index is -1.47. The zero-order valence-corrected chi connectivity index (χ0v) is 12.5. The Morgan fingerprint density at radius 1 is 1.26 bits per heavy atom. The maximum absolute atomic E-state index is 13.8. The van der Waals surface area contributed by atoms with E-state index in [-0.39, 0.29) is 10.5 Å². The van der Waals surface area contributed by atoms with Gasteiger partial charge in [-0.2, -0.15) is 0 Å². The van der Waals surface area contributed by atoms with Gasteiger partial charge in [0.2, 0.25) is 0 Å². The second kappa shape index (κ2) is 5.41. The minimum Gasteiger partial charge on any atom is -0.423 e. The summed E-state index contributed by atoms with van der Waals surface area (Å²) in [6, 6.07) is 2.57. The molecule has 0 amide bonds. The Balaban J connectivity index is 3.03. The van der Waals surface area contributed by atoms with E-state index >= 15 is 0 Å². The Morgan fingerprint density at radius 3 is 2.26 bits per heavy atom. The smallest absolute Gasteiger partial charge is 0.423 e. The van der Waals surface area contributed by atoms with Gasteiger partial charge in [0.25, 0.3) is 0 Å². The zero-order chi connectivity index (χ0) is 15.0. The van der Waals surface area contributed by atoms with E-state index in [4.69, 9.17) is 16.3 Å². The van der Waals surface area contributed by atoms with Gasteiger partial charge >= 0.3 is 7.12 Å². The summed E-state index contributed by atoms with van der Waals surface area (Å²) < 4.78 is 19.2. The molecule has 19 heavy (non-hydrogen) atoms. The first-order valence-corrected chi connectivity index (χ1v) is 6.37. The van der Waals surface area contributed by atoms with E-state index in [0.717, 1.165) is 6.07 Å². The molecule has 0 aliphatic heterocycles. The Morgan fingerprint density at radius 2 is 1.79 bits per heavy atom. The lowest BCUT2D eigenvalue weighted by Crippen LogP contribution is -2.53. The van der Waals surface area contributed by atoms with E-state index in [9.17, 15) is 14.5 Å². The van der Waals surface area contributed by atoms with Gasteiger partial charge in [-0.3, -0.25) is 0 Å². The number of aryl methyl sites for hydroxylation is 1. The fraction of sp³-hybridized carbons (Fsp3) is 0.538. The summed E-state index contributed by atoms with van der Waals surface area (Å²) in [7, 11) is -1.47. The van der Waals surface area contributed by atoms with Crippen molar-refractivity contribution in [1.29, 1.82) is 0 Å². The predicted molar refractivity (Wildman–Crippen MR) is 75.2 cm³/mol. The van der Waals surface area contributed by atoms with Gasteiger partial charge in [0, 0.05) is 10.5 Å². The maximum Gasteiger partial charge on any atom is 0.494 e. The van der Waals surface area contributed by atoms with Crippen molar-refractivity contribution < 1.29 is 19.2 Å². The van der Waals surface area contributed by atoms with Crippen LogP contribution in [0.3, 0.4) is 0 Å². The van der Waals surface area contributed by atoms with Crippen molar-refractivity contribution in [2.45, 2.75) is 45.8 Å². The Labute approximate surface area is 118 Å². The average Bonchev–Trinajstić information content (AvgIpc) is 2.20. The number of aliphatic hydroxyl groups is 1. The van der Waals surface area contributed by atoms with Crippen LogP contribution in [0.25, 0.3) is 0 Å². The van der Waals surface area contributed by atoms with Crippen molar-refractivity contribution in [3.63, 3.8) is 0 Å². The van der Waals surface area contributed by atoms with E-state index in [1.54, 1.807) is 34.6 Å². The molecule has 0 bridgehead atoms. The summed E-state index contributed by atoms with van der Waals surface area (Å²) in [5.74, 6) is -0.644. The quantitative estimate of drug-likeness (QED) is 0.834. The molecule has 0 radical (unpaired) electrons. The third-order valence-electron chi connectivity index (χ3n) is 3.42. The Kier molecular flexibility index (Phi) is 4.68. The molecule has 1 aromatic rings. The summed E-state index contributed by atoms with van der Waals surface area (Å²) in [5.41, 5.74) is -1.60. The fourth-order valence-corrected chi connectivity index (χ4v) is 1.51. The molecule has 0 aliphatic rings. The Bertz CT molecular complexity index is 472. The van der Waals surface area contributed by atoms with Gasteiger partial charge in [-0.15, -0.1) is 0 Å². The first-order chi connectivity index (χ1) is 8.45. The van der Waals surface area contributed by atoms with Gasteiger partial charge < -0.3 is 14.8 Å². The lowest BCUT2D eigenvalue weighted by molar-refractivity contribution is -0.0983. The minimum absolute atomic E-state index is 0.000718. The van der Waals surface area contributed by atoms with Crippen LogP contribution in [0.5, 0.6) is 0 Å². The number of halogens is 2. The first-order valence-electron chi connectivity index (χ1n) is 5.99. The van der Waals surface area contributed by atoms with Crippen molar-refractivity contribution in [2.75, 3.05) is 0 Å². The molecule has 2 N–H and O–H groups in total. The molecule has 0 aromatic heterocycles. The molecule has 1 aromatic carbocycles. The topological polar surface area (TPSA) is 49.7 Å². The molecule has 1 rings (SSSR count). The monoisotopic (exact) mass is 288 g/mol. The Hall–Kier alpha value is -0.615. The normalized spacial score (nSPS) is 12.7. The summed E-state index contributed by atoms with van der Waals surface area (Å²) in [5, 5.41) is 20.2. The van der Waals surface area contributed by atoms with Gasteiger partial charge in [-0.05, 0) is 46.2 Å². The van der Waals surface area contributed by atoms with E-state index in [0.29, 0.717) is 5.56 Å². The van der Waals surface area contributed by atoms with Crippen LogP contribution in [0.15, 0.2) is 12.1 Å². The summed E-state index contributed by atoms with van der Waals surface area (Å²) in [6.07, 6.45) is 0. The fourth-order valence-electron chi connectivity index (χ4n) is 1.36. The number of benzene rings is 1. The SMILES string of the molecule is Cc1cc(B(O)OC(C)(C)C(C)(C)O)c(F)cc1Cl. The van der Waals surface area contributed by atoms with Crippen molar-refractivity contribution in [3.8, 4) is 0 Å². The van der Waals surface area contributed by atoms with Crippen LogP contribution in [0, 0.1) is 12.7 Å². The third-order valence-corrected chi connectivity index (χ3v) is 3.83. The van der Waals surface area contributed by atoms with Crippen molar-refractivity contribution in [3.05, 3.63) is 28.5 Å². The van der Waals surface area contributed by atoms with Crippen LogP contribution in [-0.2, 0) is 4.65 Å². The molecule has 0 aliphatic carbocycles. The van der Waals surface area contributed by atoms with Crippen LogP contribution in [-0.4, -0.2) is 28.5 Å². The lowest BCUT2D eigenvalue weighted by Gasteiger charge is -2.38. The second-order valence-electron chi connectivity index (χ2n) is 5.66. The van der Waals surface area contributed by atoms with Gasteiger partial charge in [-0.25, -0.2) is 4.39 Å². The van der Waals surface area contributed by atoms with E-state index in [2.05, 4.69) is 0 Å². The summed E-state index contributed by atoms with van der Waals surface area (Å²) in [4.78, 5) is 0. The van der Waals surface area contributed by atoms with Crippen LogP contribution in [0.2, 0.25) is 5.02 Å². The molecule has 0 unspecified atom stereocenters. The van der Waals surface area contributed by atoms with E-state index in [1.807, 2.05) is 0 Å². The molecule has 6 heteroatoms.